The third-order valence-electron chi connectivity index (χ3n) is 2.95. The summed E-state index contributed by atoms with van der Waals surface area (Å²) >= 11 is 0. The lowest BCUT2D eigenvalue weighted by atomic mass is 10.1. The van der Waals surface area contributed by atoms with E-state index in [-0.39, 0.29) is 12.1 Å². The van der Waals surface area contributed by atoms with Gasteiger partial charge in [-0.25, -0.2) is 4.79 Å². The van der Waals surface area contributed by atoms with E-state index in [2.05, 4.69) is 5.32 Å². The van der Waals surface area contributed by atoms with Crippen LogP contribution < -0.4 is 22.3 Å². The predicted molar refractivity (Wildman–Crippen MR) is 67.0 cm³/mol. The molecular weight excluding hydrogens is 236 g/mol. The summed E-state index contributed by atoms with van der Waals surface area (Å²) in [5.74, 6) is -0.503. The number of carbonyl (C=O) groups excluding carboxylic acids is 1. The summed E-state index contributed by atoms with van der Waals surface area (Å²) in [5.41, 5.74) is 4.02. The van der Waals surface area contributed by atoms with Crippen molar-refractivity contribution in [3.63, 3.8) is 0 Å². The van der Waals surface area contributed by atoms with Gasteiger partial charge in [-0.2, -0.15) is 0 Å². The average Bonchev–Trinajstić information content (AvgIpc) is 2.29. The van der Waals surface area contributed by atoms with Crippen molar-refractivity contribution < 1.29 is 4.79 Å². The van der Waals surface area contributed by atoms with Gasteiger partial charge in [0.05, 0.1) is 5.54 Å². The topological polar surface area (TPSA) is 99.1 Å². The van der Waals surface area contributed by atoms with Gasteiger partial charge in [-0.05, 0) is 13.8 Å². The minimum atomic E-state index is -0.906. The van der Waals surface area contributed by atoms with Crippen molar-refractivity contribution >= 4 is 5.91 Å². The number of nitrogens with two attached hydrogens (primary N) is 1. The molecule has 0 aliphatic carbocycles. The highest BCUT2D eigenvalue weighted by Gasteiger charge is 2.24. The molecule has 0 saturated carbocycles. The van der Waals surface area contributed by atoms with Crippen LogP contribution in [0.4, 0.5) is 0 Å². The Balaban J connectivity index is 3.05. The van der Waals surface area contributed by atoms with Crippen LogP contribution >= 0.6 is 0 Å². The molecule has 0 aromatic carbocycles. The van der Waals surface area contributed by atoms with E-state index in [1.165, 1.54) is 17.7 Å². The number of rotatable bonds is 4. The summed E-state index contributed by atoms with van der Waals surface area (Å²) in [6, 6.07) is 1.35. The molecule has 0 unspecified atom stereocenters. The van der Waals surface area contributed by atoms with E-state index in [9.17, 15) is 14.4 Å². The van der Waals surface area contributed by atoms with E-state index in [1.807, 2.05) is 0 Å². The largest absolute Gasteiger partial charge is 0.368 e. The van der Waals surface area contributed by atoms with Crippen LogP contribution in [-0.2, 0) is 25.4 Å². The zero-order valence-electron chi connectivity index (χ0n) is 11.0. The van der Waals surface area contributed by atoms with Gasteiger partial charge in [0.15, 0.2) is 0 Å². The Bertz CT molecular complexity index is 583. The molecule has 0 fully saturated rings. The highest BCUT2D eigenvalue weighted by Crippen LogP contribution is 2.02. The Labute approximate surface area is 104 Å². The van der Waals surface area contributed by atoms with Crippen LogP contribution in [0.15, 0.2) is 15.7 Å². The van der Waals surface area contributed by atoms with E-state index in [4.69, 9.17) is 5.73 Å². The molecule has 0 aliphatic heterocycles. The molecule has 0 atom stereocenters. The Hall–Kier alpha value is -1.89. The maximum Gasteiger partial charge on any atom is 0.330 e. The molecule has 7 heteroatoms. The van der Waals surface area contributed by atoms with Crippen LogP contribution in [0.25, 0.3) is 0 Å². The smallest absolute Gasteiger partial charge is 0.330 e. The molecule has 7 nitrogen and oxygen atoms in total. The van der Waals surface area contributed by atoms with Crippen molar-refractivity contribution in [2.45, 2.75) is 25.9 Å². The van der Waals surface area contributed by atoms with Gasteiger partial charge in [-0.3, -0.25) is 24.0 Å². The molecular formula is C11H18N4O3. The van der Waals surface area contributed by atoms with Crippen LogP contribution in [0.1, 0.15) is 19.5 Å². The SMILES string of the molecule is Cn1c(CNC(C)(C)C(N)=O)cc(=O)n(C)c1=O. The maximum atomic E-state index is 11.7. The number of nitrogens with one attached hydrogen (secondary N) is 1. The molecule has 0 saturated heterocycles. The second-order valence-corrected chi connectivity index (χ2v) is 4.72. The quantitative estimate of drug-likeness (QED) is 0.678. The van der Waals surface area contributed by atoms with Gasteiger partial charge >= 0.3 is 5.69 Å². The number of amides is 1. The van der Waals surface area contributed by atoms with E-state index in [0.29, 0.717) is 5.69 Å². The summed E-state index contributed by atoms with van der Waals surface area (Å²) in [5, 5.41) is 2.91. The standard InChI is InChI=1S/C11H18N4O3/c1-11(2,9(12)17)13-6-7-5-8(16)15(4)10(18)14(7)3/h5,13H,6H2,1-4H3,(H2,12,17). The van der Waals surface area contributed by atoms with E-state index in [0.717, 1.165) is 4.57 Å². The van der Waals surface area contributed by atoms with Crippen LogP contribution in [0.2, 0.25) is 0 Å². The number of carbonyl (C=O) groups is 1. The fourth-order valence-corrected chi connectivity index (χ4v) is 1.35. The Morgan fingerprint density at radius 1 is 1.33 bits per heavy atom. The maximum absolute atomic E-state index is 11.7. The second-order valence-electron chi connectivity index (χ2n) is 4.72. The molecule has 100 valence electrons. The van der Waals surface area contributed by atoms with Crippen LogP contribution in [0.5, 0.6) is 0 Å². The first-order chi connectivity index (χ1) is 8.16. The van der Waals surface area contributed by atoms with Crippen molar-refractivity contribution in [1.82, 2.24) is 14.5 Å². The Morgan fingerprint density at radius 3 is 2.39 bits per heavy atom. The van der Waals surface area contributed by atoms with Gasteiger partial charge in [-0.15, -0.1) is 0 Å². The van der Waals surface area contributed by atoms with Crippen molar-refractivity contribution in [1.29, 1.82) is 0 Å². The third-order valence-corrected chi connectivity index (χ3v) is 2.95. The molecule has 1 rings (SSSR count). The van der Waals surface area contributed by atoms with Gasteiger partial charge in [-0.1, -0.05) is 0 Å². The number of aromatic nitrogens is 2. The molecule has 1 amide bonds. The normalized spacial score (nSPS) is 11.6. The first-order valence-corrected chi connectivity index (χ1v) is 5.47. The molecule has 1 heterocycles. The predicted octanol–water partition coefficient (Wildman–Crippen LogP) is -1.56. The zero-order valence-corrected chi connectivity index (χ0v) is 11.0. The summed E-state index contributed by atoms with van der Waals surface area (Å²) in [6.07, 6.45) is 0. The highest BCUT2D eigenvalue weighted by atomic mass is 16.2. The molecule has 1 aromatic heterocycles. The molecule has 0 aliphatic rings. The third kappa shape index (κ3) is 2.67. The second kappa shape index (κ2) is 4.77. The van der Waals surface area contributed by atoms with Crippen molar-refractivity contribution in [3.05, 3.63) is 32.6 Å². The number of hydrogen-bond acceptors (Lipinski definition) is 4. The number of primary amides is 1. The van der Waals surface area contributed by atoms with E-state index >= 15 is 0 Å². The summed E-state index contributed by atoms with van der Waals surface area (Å²) in [6.45, 7) is 3.47. The lowest BCUT2D eigenvalue weighted by Gasteiger charge is -2.23. The lowest BCUT2D eigenvalue weighted by molar-refractivity contribution is -0.123. The van der Waals surface area contributed by atoms with E-state index in [1.54, 1.807) is 20.9 Å². The Morgan fingerprint density at radius 2 is 1.89 bits per heavy atom. The monoisotopic (exact) mass is 254 g/mol. The van der Waals surface area contributed by atoms with Gasteiger partial charge < -0.3 is 5.73 Å². The first-order valence-electron chi connectivity index (χ1n) is 5.47. The summed E-state index contributed by atoms with van der Waals surface area (Å²) in [4.78, 5) is 34.3. The lowest BCUT2D eigenvalue weighted by Crippen LogP contribution is -2.51. The van der Waals surface area contributed by atoms with Crippen LogP contribution in [-0.4, -0.2) is 20.6 Å². The highest BCUT2D eigenvalue weighted by molar-refractivity contribution is 5.83. The first kappa shape index (κ1) is 14.2. The molecule has 0 bridgehead atoms. The fraction of sp³-hybridized carbons (Fsp3) is 0.545. The molecule has 0 spiro atoms. The minimum absolute atomic E-state index is 0.206. The van der Waals surface area contributed by atoms with Gasteiger partial charge in [0.2, 0.25) is 5.91 Å². The van der Waals surface area contributed by atoms with Gasteiger partial charge in [0.25, 0.3) is 5.56 Å². The Kier molecular flexibility index (Phi) is 3.76. The average molecular weight is 254 g/mol. The fourth-order valence-electron chi connectivity index (χ4n) is 1.35. The molecule has 1 aromatic rings. The number of hydrogen-bond donors (Lipinski definition) is 2. The number of nitrogens with zero attached hydrogens (tertiary/aromatic N) is 2. The molecule has 0 radical (unpaired) electrons. The van der Waals surface area contributed by atoms with Crippen LogP contribution in [0.3, 0.4) is 0 Å². The van der Waals surface area contributed by atoms with Crippen molar-refractivity contribution in [2.75, 3.05) is 0 Å². The van der Waals surface area contributed by atoms with Gasteiger partial charge in [0.1, 0.15) is 0 Å². The van der Waals surface area contributed by atoms with Crippen molar-refractivity contribution in [2.24, 2.45) is 19.8 Å². The summed E-state index contributed by atoms with van der Waals surface area (Å²) in [7, 11) is 2.98. The van der Waals surface area contributed by atoms with Crippen LogP contribution in [0, 0.1) is 0 Å². The minimum Gasteiger partial charge on any atom is -0.368 e. The summed E-state index contributed by atoms with van der Waals surface area (Å²) < 4.78 is 2.37. The van der Waals surface area contributed by atoms with Crippen molar-refractivity contribution in [3.8, 4) is 0 Å². The molecule has 3 N–H and O–H groups in total. The molecule has 18 heavy (non-hydrogen) atoms. The van der Waals surface area contributed by atoms with E-state index < -0.39 is 17.1 Å². The zero-order chi connectivity index (χ0) is 14.1. The van der Waals surface area contributed by atoms with Gasteiger partial charge in [0, 0.05) is 32.4 Å².